The second kappa shape index (κ2) is 3.89. The lowest BCUT2D eigenvalue weighted by atomic mass is 9.98. The monoisotopic (exact) mass is 192 g/mol. The molecule has 0 aromatic rings. The first-order chi connectivity index (χ1) is 6.77. The molecule has 0 atom stereocenters. The SMILES string of the molecule is [CH2]N1C(=O)C=C=C1OC1CCCCC1. The van der Waals surface area contributed by atoms with Gasteiger partial charge in [-0.1, -0.05) is 6.42 Å². The van der Waals surface area contributed by atoms with Gasteiger partial charge in [0, 0.05) is 7.05 Å². The van der Waals surface area contributed by atoms with Crippen LogP contribution in [0, 0.1) is 7.05 Å². The van der Waals surface area contributed by atoms with Gasteiger partial charge >= 0.3 is 0 Å². The molecule has 0 saturated heterocycles. The molecule has 0 bridgehead atoms. The van der Waals surface area contributed by atoms with Crippen molar-refractivity contribution in [3.63, 3.8) is 0 Å². The standard InChI is InChI=1S/C11H14NO2/c1-12-10(13)7-8-11(12)14-9-5-3-2-4-6-9/h7,9H,1-6H2. The second-order valence-electron chi connectivity index (χ2n) is 3.74. The van der Waals surface area contributed by atoms with Crippen molar-refractivity contribution in [2.24, 2.45) is 0 Å². The Kier molecular flexibility index (Phi) is 2.60. The molecular weight excluding hydrogens is 178 g/mol. The first kappa shape index (κ1) is 9.35. The van der Waals surface area contributed by atoms with Crippen LogP contribution in [0.2, 0.25) is 0 Å². The lowest BCUT2D eigenvalue weighted by molar-refractivity contribution is -0.124. The van der Waals surface area contributed by atoms with E-state index >= 15 is 0 Å². The fraction of sp³-hybridized carbons (Fsp3) is 0.545. The molecule has 75 valence electrons. The molecule has 0 spiro atoms. The number of hydrogen-bond donors (Lipinski definition) is 0. The summed E-state index contributed by atoms with van der Waals surface area (Å²) in [6.07, 6.45) is 7.49. The summed E-state index contributed by atoms with van der Waals surface area (Å²) in [6, 6.07) is 0. The Morgan fingerprint density at radius 3 is 2.71 bits per heavy atom. The Bertz CT molecular complexity index is 296. The van der Waals surface area contributed by atoms with Crippen molar-refractivity contribution in [3.05, 3.63) is 24.7 Å². The Labute approximate surface area is 84.0 Å². The third-order valence-electron chi connectivity index (χ3n) is 2.66. The molecule has 1 fully saturated rings. The van der Waals surface area contributed by atoms with Crippen LogP contribution in [0.15, 0.2) is 17.7 Å². The van der Waals surface area contributed by atoms with Gasteiger partial charge in [-0.2, -0.15) is 0 Å². The van der Waals surface area contributed by atoms with E-state index in [0.717, 1.165) is 12.8 Å². The van der Waals surface area contributed by atoms with Gasteiger partial charge in [-0.15, -0.1) is 0 Å². The third-order valence-corrected chi connectivity index (χ3v) is 2.66. The maximum Gasteiger partial charge on any atom is 0.261 e. The molecule has 1 amide bonds. The Balaban J connectivity index is 1.91. The summed E-state index contributed by atoms with van der Waals surface area (Å²) in [7, 11) is 3.59. The van der Waals surface area contributed by atoms with E-state index in [-0.39, 0.29) is 12.0 Å². The number of carbonyl (C=O) groups excluding carboxylic acids is 1. The minimum Gasteiger partial charge on any atom is -0.470 e. The van der Waals surface area contributed by atoms with E-state index < -0.39 is 0 Å². The Hall–Kier alpha value is -1.21. The highest BCUT2D eigenvalue weighted by molar-refractivity contribution is 5.90. The average Bonchev–Trinajstić information content (AvgIpc) is 2.52. The topological polar surface area (TPSA) is 29.5 Å². The predicted molar refractivity (Wildman–Crippen MR) is 51.8 cm³/mol. The van der Waals surface area contributed by atoms with Gasteiger partial charge in [0.1, 0.15) is 6.10 Å². The highest BCUT2D eigenvalue weighted by atomic mass is 16.5. The van der Waals surface area contributed by atoms with Crippen molar-refractivity contribution in [2.45, 2.75) is 38.2 Å². The minimum absolute atomic E-state index is 0.157. The summed E-state index contributed by atoms with van der Waals surface area (Å²) in [6.45, 7) is 0. The van der Waals surface area contributed by atoms with Crippen molar-refractivity contribution in [1.82, 2.24) is 4.90 Å². The van der Waals surface area contributed by atoms with E-state index in [0.29, 0.717) is 5.88 Å². The number of hydrogen-bond acceptors (Lipinski definition) is 2. The predicted octanol–water partition coefficient (Wildman–Crippen LogP) is 1.97. The second-order valence-corrected chi connectivity index (χ2v) is 3.74. The molecule has 14 heavy (non-hydrogen) atoms. The number of amides is 1. The van der Waals surface area contributed by atoms with Crippen molar-refractivity contribution < 1.29 is 9.53 Å². The molecule has 2 rings (SSSR count). The average molecular weight is 192 g/mol. The molecule has 1 saturated carbocycles. The van der Waals surface area contributed by atoms with Crippen LogP contribution < -0.4 is 0 Å². The first-order valence-electron chi connectivity index (χ1n) is 5.05. The summed E-state index contributed by atoms with van der Waals surface area (Å²) in [5, 5.41) is 0. The van der Waals surface area contributed by atoms with Gasteiger partial charge in [0.15, 0.2) is 0 Å². The third kappa shape index (κ3) is 1.83. The van der Waals surface area contributed by atoms with E-state index in [4.69, 9.17) is 4.74 Å². The van der Waals surface area contributed by atoms with Gasteiger partial charge in [0.05, 0.1) is 6.08 Å². The molecule has 2 aliphatic rings. The fourth-order valence-electron chi connectivity index (χ4n) is 1.82. The van der Waals surface area contributed by atoms with Crippen LogP contribution in [-0.2, 0) is 9.53 Å². The lowest BCUT2D eigenvalue weighted by Crippen LogP contribution is -2.24. The highest BCUT2D eigenvalue weighted by Gasteiger charge is 2.22. The summed E-state index contributed by atoms with van der Waals surface area (Å²) in [5.74, 6) is 0.317. The maximum absolute atomic E-state index is 11.1. The molecule has 3 heteroatoms. The lowest BCUT2D eigenvalue weighted by Gasteiger charge is -2.25. The summed E-state index contributed by atoms with van der Waals surface area (Å²) < 4.78 is 5.65. The summed E-state index contributed by atoms with van der Waals surface area (Å²) in [5.41, 5.74) is 2.79. The number of rotatable bonds is 2. The van der Waals surface area contributed by atoms with Gasteiger partial charge in [0.25, 0.3) is 5.91 Å². The number of carbonyl (C=O) groups is 1. The largest absolute Gasteiger partial charge is 0.470 e. The van der Waals surface area contributed by atoms with Crippen LogP contribution in [-0.4, -0.2) is 16.9 Å². The molecule has 1 heterocycles. The molecule has 1 radical (unpaired) electrons. The Morgan fingerprint density at radius 2 is 2.14 bits per heavy atom. The Morgan fingerprint density at radius 1 is 1.43 bits per heavy atom. The molecule has 1 aliphatic carbocycles. The van der Waals surface area contributed by atoms with E-state index in [1.54, 1.807) is 0 Å². The van der Waals surface area contributed by atoms with Crippen LogP contribution in [0.1, 0.15) is 32.1 Å². The maximum atomic E-state index is 11.1. The molecular formula is C11H14NO2. The molecule has 0 aromatic heterocycles. The van der Waals surface area contributed by atoms with Crippen molar-refractivity contribution in [1.29, 1.82) is 0 Å². The highest BCUT2D eigenvalue weighted by Crippen LogP contribution is 2.24. The minimum atomic E-state index is -0.157. The van der Waals surface area contributed by atoms with Crippen LogP contribution in [0.5, 0.6) is 0 Å². The van der Waals surface area contributed by atoms with Gasteiger partial charge in [-0.25, -0.2) is 0 Å². The van der Waals surface area contributed by atoms with Crippen LogP contribution in [0.3, 0.4) is 0 Å². The number of nitrogens with zero attached hydrogens (tertiary/aromatic N) is 1. The van der Waals surface area contributed by atoms with Crippen LogP contribution in [0.25, 0.3) is 0 Å². The zero-order chi connectivity index (χ0) is 9.97. The van der Waals surface area contributed by atoms with Crippen LogP contribution >= 0.6 is 0 Å². The van der Waals surface area contributed by atoms with Gasteiger partial charge in [-0.05, 0) is 31.4 Å². The molecule has 0 aromatic carbocycles. The van der Waals surface area contributed by atoms with Crippen molar-refractivity contribution in [3.8, 4) is 0 Å². The zero-order valence-corrected chi connectivity index (χ0v) is 8.16. The van der Waals surface area contributed by atoms with E-state index in [2.05, 4.69) is 12.8 Å². The molecule has 1 aliphatic heterocycles. The number of ether oxygens (including phenoxy) is 1. The summed E-state index contributed by atoms with van der Waals surface area (Å²) in [4.78, 5) is 12.3. The van der Waals surface area contributed by atoms with E-state index in [9.17, 15) is 4.79 Å². The summed E-state index contributed by atoms with van der Waals surface area (Å²) >= 11 is 0. The van der Waals surface area contributed by atoms with E-state index in [1.165, 1.54) is 30.2 Å². The molecule has 0 unspecified atom stereocenters. The van der Waals surface area contributed by atoms with Gasteiger partial charge in [-0.3, -0.25) is 9.69 Å². The molecule has 3 nitrogen and oxygen atoms in total. The van der Waals surface area contributed by atoms with E-state index in [1.807, 2.05) is 0 Å². The molecule has 0 N–H and O–H groups in total. The zero-order valence-electron chi connectivity index (χ0n) is 8.16. The van der Waals surface area contributed by atoms with Crippen LogP contribution in [0.4, 0.5) is 0 Å². The van der Waals surface area contributed by atoms with Gasteiger partial charge in [0.2, 0.25) is 5.88 Å². The van der Waals surface area contributed by atoms with Crippen molar-refractivity contribution in [2.75, 3.05) is 0 Å². The van der Waals surface area contributed by atoms with Gasteiger partial charge < -0.3 is 4.74 Å². The first-order valence-corrected chi connectivity index (χ1v) is 5.05. The smallest absolute Gasteiger partial charge is 0.261 e. The normalized spacial score (nSPS) is 22.8. The quantitative estimate of drug-likeness (QED) is 0.626. The van der Waals surface area contributed by atoms with Crippen molar-refractivity contribution >= 4 is 5.91 Å². The fourth-order valence-corrected chi connectivity index (χ4v) is 1.82.